The number of rotatable bonds is 7. The number of aliphatic hydroxyl groups excluding tert-OH is 1. The van der Waals surface area contributed by atoms with Gasteiger partial charge in [0.1, 0.15) is 17.7 Å². The lowest BCUT2D eigenvalue weighted by atomic mass is 10.1. The number of aliphatic hydroxyl groups is 1. The molecule has 144 valence electrons. The molecule has 2 N–H and O–H groups in total. The maximum Gasteiger partial charge on any atom is 0.217 e. The minimum Gasteiger partial charge on any atom is -0.489 e. The van der Waals surface area contributed by atoms with Crippen molar-refractivity contribution < 1.29 is 19.0 Å². The Hall–Kier alpha value is -2.51. The van der Waals surface area contributed by atoms with Crippen LogP contribution in [0.5, 0.6) is 5.75 Å². The van der Waals surface area contributed by atoms with E-state index in [-0.39, 0.29) is 17.8 Å². The van der Waals surface area contributed by atoms with E-state index < -0.39 is 6.10 Å². The van der Waals surface area contributed by atoms with Crippen molar-refractivity contribution in [3.05, 3.63) is 59.7 Å². The average Bonchev–Trinajstić information content (AvgIpc) is 3.07. The smallest absolute Gasteiger partial charge is 0.217 e. The normalized spacial score (nSPS) is 18.3. The maximum atomic E-state index is 13.0. The first-order valence-electron chi connectivity index (χ1n) is 9.01. The van der Waals surface area contributed by atoms with Gasteiger partial charge in [0, 0.05) is 38.8 Å². The van der Waals surface area contributed by atoms with E-state index in [4.69, 9.17) is 4.74 Å². The van der Waals surface area contributed by atoms with Gasteiger partial charge in [-0.2, -0.15) is 0 Å². The Balaban J connectivity index is 1.50. The Morgan fingerprint density at radius 1 is 1.41 bits per heavy atom. The molecular formula is C20H24FN3O3. The first-order chi connectivity index (χ1) is 13.0. The highest BCUT2D eigenvalue weighted by molar-refractivity contribution is 5.72. The number of benzene rings is 1. The van der Waals surface area contributed by atoms with Crippen molar-refractivity contribution >= 4 is 5.91 Å². The molecule has 1 aliphatic rings. The second kappa shape index (κ2) is 8.92. The van der Waals surface area contributed by atoms with Gasteiger partial charge in [-0.3, -0.25) is 14.7 Å². The lowest BCUT2D eigenvalue weighted by Gasteiger charge is -2.20. The molecule has 1 amide bonds. The molecule has 2 aromatic rings. The van der Waals surface area contributed by atoms with Crippen molar-refractivity contribution in [1.29, 1.82) is 0 Å². The fourth-order valence-electron chi connectivity index (χ4n) is 3.13. The summed E-state index contributed by atoms with van der Waals surface area (Å²) in [5.41, 5.74) is 1.45. The van der Waals surface area contributed by atoms with Crippen LogP contribution in [0.3, 0.4) is 0 Å². The summed E-state index contributed by atoms with van der Waals surface area (Å²) < 4.78 is 19.0. The van der Waals surface area contributed by atoms with Crippen LogP contribution in [0, 0.1) is 5.82 Å². The van der Waals surface area contributed by atoms with E-state index >= 15 is 0 Å². The highest BCUT2D eigenvalue weighted by Gasteiger charge is 2.26. The molecular weight excluding hydrogens is 349 g/mol. The summed E-state index contributed by atoms with van der Waals surface area (Å²) in [6, 6.07) is 9.56. The third-order valence-corrected chi connectivity index (χ3v) is 4.52. The van der Waals surface area contributed by atoms with Crippen molar-refractivity contribution in [3.63, 3.8) is 0 Å². The summed E-state index contributed by atoms with van der Waals surface area (Å²) in [5, 5.41) is 13.1. The molecule has 1 aromatic heterocycles. The van der Waals surface area contributed by atoms with Crippen LogP contribution in [0.1, 0.15) is 30.7 Å². The van der Waals surface area contributed by atoms with Gasteiger partial charge in [0.15, 0.2) is 0 Å². The van der Waals surface area contributed by atoms with Gasteiger partial charge in [-0.15, -0.1) is 0 Å². The first kappa shape index (κ1) is 19.3. The number of nitrogens with one attached hydrogen (secondary N) is 1. The molecule has 7 heteroatoms. The number of β-amino-alcohol motifs (C(OH)–C–C–N with tert-alkyl or cyclic N) is 1. The molecule has 1 aliphatic heterocycles. The zero-order valence-electron chi connectivity index (χ0n) is 15.3. The SMILES string of the molecule is CC(=O)NCc1cc(OC2CCN(CC(O)c3ccc(F)cc3)C2)ccn1. The minimum absolute atomic E-state index is 0.0291. The van der Waals surface area contributed by atoms with Crippen LogP contribution < -0.4 is 10.1 Å². The Morgan fingerprint density at radius 2 is 2.19 bits per heavy atom. The van der Waals surface area contributed by atoms with Crippen LogP contribution in [0.4, 0.5) is 4.39 Å². The number of likely N-dealkylation sites (tertiary alicyclic amines) is 1. The monoisotopic (exact) mass is 373 g/mol. The molecule has 1 aromatic carbocycles. The van der Waals surface area contributed by atoms with Crippen molar-refractivity contribution in [3.8, 4) is 5.75 Å². The number of carbonyl (C=O) groups excluding carboxylic acids is 1. The third-order valence-electron chi connectivity index (χ3n) is 4.52. The quantitative estimate of drug-likeness (QED) is 0.777. The van der Waals surface area contributed by atoms with E-state index in [0.29, 0.717) is 25.2 Å². The fraction of sp³-hybridized carbons (Fsp3) is 0.400. The summed E-state index contributed by atoms with van der Waals surface area (Å²) in [7, 11) is 0. The second-order valence-corrected chi connectivity index (χ2v) is 6.75. The molecule has 0 radical (unpaired) electrons. The van der Waals surface area contributed by atoms with Gasteiger partial charge >= 0.3 is 0 Å². The highest BCUT2D eigenvalue weighted by atomic mass is 19.1. The van der Waals surface area contributed by atoms with E-state index in [1.807, 2.05) is 6.07 Å². The van der Waals surface area contributed by atoms with Gasteiger partial charge in [0.25, 0.3) is 0 Å². The topological polar surface area (TPSA) is 74.7 Å². The van der Waals surface area contributed by atoms with Gasteiger partial charge in [0.2, 0.25) is 5.91 Å². The zero-order chi connectivity index (χ0) is 19.2. The van der Waals surface area contributed by atoms with Crippen LogP contribution >= 0.6 is 0 Å². The number of pyridine rings is 1. The number of aromatic nitrogens is 1. The van der Waals surface area contributed by atoms with Crippen molar-refractivity contribution in [2.24, 2.45) is 0 Å². The molecule has 2 heterocycles. The number of carbonyl (C=O) groups is 1. The van der Waals surface area contributed by atoms with E-state index in [1.54, 1.807) is 24.4 Å². The summed E-state index contributed by atoms with van der Waals surface area (Å²) >= 11 is 0. The minimum atomic E-state index is -0.658. The summed E-state index contributed by atoms with van der Waals surface area (Å²) in [5.74, 6) is 0.307. The third kappa shape index (κ3) is 5.74. The highest BCUT2D eigenvalue weighted by Crippen LogP contribution is 2.22. The maximum absolute atomic E-state index is 13.0. The van der Waals surface area contributed by atoms with Gasteiger partial charge in [-0.1, -0.05) is 12.1 Å². The number of hydrogen-bond donors (Lipinski definition) is 2. The van der Waals surface area contributed by atoms with E-state index in [9.17, 15) is 14.3 Å². The Labute approximate surface area is 158 Å². The molecule has 2 unspecified atom stereocenters. The van der Waals surface area contributed by atoms with E-state index in [2.05, 4.69) is 15.2 Å². The summed E-state index contributed by atoms with van der Waals surface area (Å²) in [6.45, 7) is 3.85. The van der Waals surface area contributed by atoms with Gasteiger partial charge < -0.3 is 15.2 Å². The molecule has 3 rings (SSSR count). The second-order valence-electron chi connectivity index (χ2n) is 6.75. The van der Waals surface area contributed by atoms with Crippen molar-refractivity contribution in [1.82, 2.24) is 15.2 Å². The van der Waals surface area contributed by atoms with Crippen LogP contribution in [0.2, 0.25) is 0 Å². The summed E-state index contributed by atoms with van der Waals surface area (Å²) in [4.78, 5) is 17.4. The predicted molar refractivity (Wildman–Crippen MR) is 98.6 cm³/mol. The molecule has 0 aliphatic carbocycles. The van der Waals surface area contributed by atoms with Crippen LogP contribution in [0.15, 0.2) is 42.6 Å². The number of nitrogens with zero attached hydrogens (tertiary/aromatic N) is 2. The van der Waals surface area contributed by atoms with Crippen LogP contribution in [-0.4, -0.2) is 46.6 Å². The number of ether oxygens (including phenoxy) is 1. The lowest BCUT2D eigenvalue weighted by molar-refractivity contribution is -0.119. The number of amides is 1. The molecule has 0 saturated carbocycles. The Kier molecular flexibility index (Phi) is 6.36. The van der Waals surface area contributed by atoms with Crippen LogP contribution in [-0.2, 0) is 11.3 Å². The molecule has 27 heavy (non-hydrogen) atoms. The zero-order valence-corrected chi connectivity index (χ0v) is 15.3. The number of hydrogen-bond acceptors (Lipinski definition) is 5. The first-order valence-corrected chi connectivity index (χ1v) is 9.01. The van der Waals surface area contributed by atoms with Gasteiger partial charge in [-0.05, 0) is 30.2 Å². The summed E-state index contributed by atoms with van der Waals surface area (Å²) in [6.07, 6.45) is 1.90. The fourth-order valence-corrected chi connectivity index (χ4v) is 3.13. The molecule has 6 nitrogen and oxygen atoms in total. The number of halogens is 1. The largest absolute Gasteiger partial charge is 0.489 e. The molecule has 1 fully saturated rings. The van der Waals surface area contributed by atoms with Crippen molar-refractivity contribution in [2.75, 3.05) is 19.6 Å². The molecule has 1 saturated heterocycles. The standard InChI is InChI=1S/C20H24FN3O3/c1-14(25)23-11-17-10-18(6-8-22-17)27-19-7-9-24(12-19)13-20(26)15-2-4-16(21)5-3-15/h2-6,8,10,19-20,26H,7,9,11-13H2,1H3,(H,23,25). The van der Waals surface area contributed by atoms with Crippen LogP contribution in [0.25, 0.3) is 0 Å². The molecule has 2 atom stereocenters. The van der Waals surface area contributed by atoms with E-state index in [1.165, 1.54) is 19.1 Å². The van der Waals surface area contributed by atoms with Crippen molar-refractivity contribution in [2.45, 2.75) is 32.1 Å². The molecule has 0 bridgehead atoms. The lowest BCUT2D eigenvalue weighted by Crippen LogP contribution is -2.29. The molecule has 0 spiro atoms. The predicted octanol–water partition coefficient (Wildman–Crippen LogP) is 2.04. The average molecular weight is 373 g/mol. The Morgan fingerprint density at radius 3 is 2.93 bits per heavy atom. The van der Waals surface area contributed by atoms with Gasteiger partial charge in [0.05, 0.1) is 18.3 Å². The van der Waals surface area contributed by atoms with E-state index in [0.717, 1.165) is 24.4 Å². The van der Waals surface area contributed by atoms with Gasteiger partial charge in [-0.25, -0.2) is 4.39 Å². The Bertz CT molecular complexity index is 769.